The number of carbonyl (C=O) groups excluding carboxylic acids is 15. The van der Waals surface area contributed by atoms with Gasteiger partial charge in [-0.25, -0.2) is 0 Å². The van der Waals surface area contributed by atoms with E-state index in [9.17, 15) is 71.9 Å². The van der Waals surface area contributed by atoms with Gasteiger partial charge in [0.15, 0.2) is 0 Å². The molecule has 9 atom stereocenters. The molecule has 0 aromatic carbocycles. The lowest BCUT2D eigenvalue weighted by molar-refractivity contribution is -0.140. The monoisotopic (exact) mass is 1500 g/mol. The van der Waals surface area contributed by atoms with Crippen LogP contribution in [0, 0.1) is 0 Å². The van der Waals surface area contributed by atoms with Crippen molar-refractivity contribution < 1.29 is 71.9 Å². The molecule has 0 saturated carbocycles. The molecule has 558 valence electrons. The van der Waals surface area contributed by atoms with Crippen LogP contribution in [0.25, 0.3) is 0 Å². The molecule has 3 heterocycles. The van der Waals surface area contributed by atoms with Gasteiger partial charge in [0.1, 0.15) is 35.5 Å². The molecule has 3 aliphatic rings. The lowest BCUT2D eigenvalue weighted by Crippen LogP contribution is -2.49. The minimum absolute atomic E-state index is 0.0659. The number of Topliss-reactive ketones (excluding diaryl/α,β-unsaturated/α-hetero) is 3. The third-order valence-corrected chi connectivity index (χ3v) is 20.6. The van der Waals surface area contributed by atoms with Gasteiger partial charge in [0.05, 0.1) is 15.7 Å². The summed E-state index contributed by atoms with van der Waals surface area (Å²) in [6.45, 7) is 2.95. The molecule has 0 radical (unpaired) electrons. The molecule has 0 aliphatic carbocycles. The number of likely N-dealkylation sites (N-methyl/N-ethyl adjacent to an activating group) is 6. The molecule has 3 rings (SSSR count). The Morgan fingerprint density at radius 2 is 0.667 bits per heavy atom. The largest absolute Gasteiger partial charge is 0.353 e. The maximum Gasteiger partial charge on any atom is 0.243 e. The molecule has 0 aromatic heterocycles. The molecule has 0 spiro atoms. The fraction of sp³-hybridized carbons (Fsp3) is 0.714. The molecule has 3 aliphatic heterocycles. The average Bonchev–Trinajstić information content (AvgIpc) is 1.75. The Morgan fingerprint density at radius 3 is 0.869 bits per heavy atom. The van der Waals surface area contributed by atoms with Crippen LogP contribution in [0.1, 0.15) is 135 Å². The molecule has 99 heavy (non-hydrogen) atoms. The van der Waals surface area contributed by atoms with Gasteiger partial charge >= 0.3 is 0 Å². The van der Waals surface area contributed by atoms with E-state index < -0.39 is 18.1 Å². The van der Waals surface area contributed by atoms with Gasteiger partial charge in [-0.1, -0.05) is 19.3 Å². The first kappa shape index (κ1) is 91.5. The van der Waals surface area contributed by atoms with Gasteiger partial charge < -0.3 is 46.6 Å². The second kappa shape index (κ2) is 53.3. The van der Waals surface area contributed by atoms with E-state index in [1.54, 1.807) is 42.3 Å². The van der Waals surface area contributed by atoms with Crippen LogP contribution in [0.15, 0.2) is 14.3 Å². The lowest BCUT2D eigenvalue weighted by atomic mass is 10.1. The molecule has 6 N–H and O–H groups in total. The molecule has 12 amide bonds. The summed E-state index contributed by atoms with van der Waals surface area (Å²) in [5.41, 5.74) is 0. The summed E-state index contributed by atoms with van der Waals surface area (Å²) in [7, 11) is 20.9. The Balaban J connectivity index is 0.000000742. The maximum absolute atomic E-state index is 12.7. The number of nitrogens with zero attached hydrogens (tertiary/aromatic N) is 9. The minimum atomic E-state index is -0.863. The zero-order valence-electron chi connectivity index (χ0n) is 59.0. The Hall–Kier alpha value is -5.52. The second-order valence-electron chi connectivity index (χ2n) is 23.6. The fourth-order valence-corrected chi connectivity index (χ4v) is 13.8. The number of carbonyl (C=O) groups is 15. The standard InChI is InChI=1S/3C21H36N5O5PS/c3*1-22-10-11-23-20(30)16(13-15(27)8-9-24-32)25(2)18(28)7-5-4-6-12-33-17-14-19(29)26(3)21(17)31/h3*9,16-17,22H,4-8,10-14,32H2,1-3H3,(H,23,30). The Bertz CT molecular complexity index is 2490. The summed E-state index contributed by atoms with van der Waals surface area (Å²) < 4.78 is 11.1. The summed E-state index contributed by atoms with van der Waals surface area (Å²) in [4.78, 5) is 190. The number of ketones is 3. The number of likely N-dealkylation sites (tertiary alicyclic amines) is 3. The van der Waals surface area contributed by atoms with Crippen molar-refractivity contribution in [2.75, 3.05) is 120 Å². The van der Waals surface area contributed by atoms with E-state index in [1.807, 2.05) is 0 Å². The van der Waals surface area contributed by atoms with Crippen molar-refractivity contribution in [3.63, 3.8) is 0 Å². The molecule has 30 nitrogen and oxygen atoms in total. The van der Waals surface area contributed by atoms with Crippen LogP contribution in [-0.4, -0.2) is 290 Å². The van der Waals surface area contributed by atoms with E-state index in [4.69, 9.17) is 0 Å². The highest BCUT2D eigenvalue weighted by Gasteiger charge is 2.39. The molecule has 3 saturated heterocycles. The first-order valence-electron chi connectivity index (χ1n) is 33.2. The van der Waals surface area contributed by atoms with E-state index in [0.29, 0.717) is 58.5 Å². The fourth-order valence-electron chi connectivity index (χ4n) is 9.81. The molecule has 36 heteroatoms. The van der Waals surface area contributed by atoms with Crippen molar-refractivity contribution in [1.82, 2.24) is 61.3 Å². The van der Waals surface area contributed by atoms with E-state index in [1.165, 1.54) is 104 Å². The van der Waals surface area contributed by atoms with Crippen LogP contribution < -0.4 is 31.9 Å². The summed E-state index contributed by atoms with van der Waals surface area (Å²) in [5, 5.41) is 16.2. The van der Waals surface area contributed by atoms with Crippen LogP contribution in [0.3, 0.4) is 0 Å². The predicted molar refractivity (Wildman–Crippen MR) is 399 cm³/mol. The Kier molecular flexibility index (Phi) is 49.3. The third kappa shape index (κ3) is 36.3. The molecule has 0 aromatic rings. The van der Waals surface area contributed by atoms with Gasteiger partial charge in [0, 0.05) is 177 Å². The number of thioether (sulfide) groups is 3. The average molecular weight is 1500 g/mol. The zero-order chi connectivity index (χ0) is 74.4. The van der Waals surface area contributed by atoms with Crippen molar-refractivity contribution in [3.8, 4) is 0 Å². The van der Waals surface area contributed by atoms with Crippen LogP contribution in [0.4, 0.5) is 0 Å². The maximum atomic E-state index is 12.7. The molecule has 3 fully saturated rings. The van der Waals surface area contributed by atoms with Crippen LogP contribution >= 0.6 is 63.5 Å². The van der Waals surface area contributed by atoms with Gasteiger partial charge in [-0.3, -0.25) is 101 Å². The zero-order valence-corrected chi connectivity index (χ0v) is 64.9. The normalized spacial score (nSPS) is 17.0. The van der Waals surface area contributed by atoms with Gasteiger partial charge in [0.25, 0.3) is 0 Å². The topological polar surface area (TPSA) is 385 Å². The molecule has 0 bridgehead atoms. The van der Waals surface area contributed by atoms with Crippen molar-refractivity contribution in [2.45, 2.75) is 169 Å². The SMILES string of the molecule is CNCCNC(=O)C(CC(=O)CC=NP)N(C)C(=O)CCCCCSC1CC(=O)N(C)C1=O.CNCCNC(=O)C(CC(=O)CC=NP)N(C)C(=O)CCCCCSC1CC(=O)N(C)C1=O.CNCCNC(=O)C(CC(=O)CC=NP)N(C)C(=O)CCCCCSC1CC(=O)N(C)C1=O. The Morgan fingerprint density at radius 1 is 0.424 bits per heavy atom. The quantitative estimate of drug-likeness (QED) is 0.0216. The number of hydrogen-bond acceptors (Lipinski definition) is 24. The number of imide groups is 3. The van der Waals surface area contributed by atoms with Gasteiger partial charge in [-0.15, -0.1) is 35.3 Å². The predicted octanol–water partition coefficient (Wildman–Crippen LogP) is 1.23. The van der Waals surface area contributed by atoms with Crippen LogP contribution in [-0.2, 0) is 71.9 Å². The van der Waals surface area contributed by atoms with Crippen molar-refractivity contribution in [2.24, 2.45) is 14.3 Å². The lowest BCUT2D eigenvalue weighted by Gasteiger charge is -2.27. The van der Waals surface area contributed by atoms with Crippen LogP contribution in [0.5, 0.6) is 0 Å². The summed E-state index contributed by atoms with van der Waals surface area (Å²) in [6.07, 6.45) is 12.8. The van der Waals surface area contributed by atoms with E-state index in [2.05, 4.69) is 74.4 Å². The first-order chi connectivity index (χ1) is 47.2. The van der Waals surface area contributed by atoms with Gasteiger partial charge in [0.2, 0.25) is 70.9 Å². The number of hydrogen-bond donors (Lipinski definition) is 6. The highest BCUT2D eigenvalue weighted by Crippen LogP contribution is 2.28. The molecular formula is C63H108N15O15P3S3. The van der Waals surface area contributed by atoms with Gasteiger partial charge in [-0.2, -0.15) is 0 Å². The minimum Gasteiger partial charge on any atom is -0.353 e. The smallest absolute Gasteiger partial charge is 0.243 e. The van der Waals surface area contributed by atoms with Crippen molar-refractivity contribution in [1.29, 1.82) is 0 Å². The highest BCUT2D eigenvalue weighted by molar-refractivity contribution is 8.01. The molecule has 9 unspecified atom stereocenters. The Labute approximate surface area is 603 Å². The van der Waals surface area contributed by atoms with Crippen molar-refractivity contribution >= 4 is 170 Å². The summed E-state index contributed by atoms with van der Waals surface area (Å²) >= 11 is 4.44. The second-order valence-corrected chi connectivity index (χ2v) is 28.4. The van der Waals surface area contributed by atoms with E-state index in [-0.39, 0.29) is 181 Å². The van der Waals surface area contributed by atoms with Crippen molar-refractivity contribution in [3.05, 3.63) is 0 Å². The first-order valence-corrected chi connectivity index (χ1v) is 37.9. The summed E-state index contributed by atoms with van der Waals surface area (Å²) in [6, 6.07) is -2.59. The summed E-state index contributed by atoms with van der Waals surface area (Å²) in [5.74, 6) is -0.772. The number of unbranched alkanes of at least 4 members (excludes halogenated alkanes) is 6. The highest BCUT2D eigenvalue weighted by atomic mass is 32.2. The van der Waals surface area contributed by atoms with E-state index >= 15 is 0 Å². The third-order valence-electron chi connectivity index (χ3n) is 16.1. The molecular weight excluding hydrogens is 1400 g/mol. The van der Waals surface area contributed by atoms with Crippen LogP contribution in [0.2, 0.25) is 0 Å². The number of amides is 12. The van der Waals surface area contributed by atoms with E-state index in [0.717, 1.165) is 55.8 Å². The van der Waals surface area contributed by atoms with Gasteiger partial charge in [-0.05, 0) is 105 Å². The number of rotatable bonds is 48. The number of nitrogens with one attached hydrogen (secondary N) is 6.